The molecule has 46 heavy (non-hydrogen) atoms. The van der Waals surface area contributed by atoms with Gasteiger partial charge in [-0.2, -0.15) is 0 Å². The van der Waals surface area contributed by atoms with Gasteiger partial charge in [0.1, 0.15) is 49.1 Å². The van der Waals surface area contributed by atoms with Crippen molar-refractivity contribution in [1.29, 1.82) is 0 Å². The molecule has 12 nitrogen and oxygen atoms in total. The molecule has 4 atom stereocenters. The molecule has 12 heteroatoms. The summed E-state index contributed by atoms with van der Waals surface area (Å²) in [7, 11) is 0. The Morgan fingerprint density at radius 1 is 0.891 bits per heavy atom. The van der Waals surface area contributed by atoms with E-state index >= 15 is 0 Å². The summed E-state index contributed by atoms with van der Waals surface area (Å²) in [5.41, 5.74) is 4.86. The number of ether oxygens (including phenoxy) is 3. The van der Waals surface area contributed by atoms with Crippen molar-refractivity contribution in [2.45, 2.75) is 50.5 Å². The quantitative estimate of drug-likeness (QED) is 0.185. The number of benzene rings is 3. The number of alkyl carbamates (subject to hydrolysis) is 1. The summed E-state index contributed by atoms with van der Waals surface area (Å²) >= 11 is 0. The molecule has 1 aliphatic heterocycles. The number of aliphatic hydroxyl groups excluding tert-OH is 2. The van der Waals surface area contributed by atoms with Gasteiger partial charge in [-0.25, -0.2) is 24.5 Å². The van der Waals surface area contributed by atoms with Crippen LogP contribution in [0.2, 0.25) is 0 Å². The number of imidazole rings is 1. The molecule has 6 rings (SSSR count). The van der Waals surface area contributed by atoms with Crippen LogP contribution in [0.3, 0.4) is 0 Å². The van der Waals surface area contributed by atoms with Gasteiger partial charge in [0.15, 0.2) is 5.65 Å². The molecular formula is C34H33N5O7. The number of carbonyl (C=O) groups excluding carboxylic acids is 2. The number of esters is 1. The van der Waals surface area contributed by atoms with E-state index < -0.39 is 36.5 Å². The predicted molar refractivity (Wildman–Crippen MR) is 166 cm³/mol. The molecule has 2 aromatic heterocycles. The number of fused-ring (bicyclic) bond motifs is 1. The van der Waals surface area contributed by atoms with Crippen molar-refractivity contribution in [2.24, 2.45) is 0 Å². The Morgan fingerprint density at radius 2 is 1.57 bits per heavy atom. The lowest BCUT2D eigenvalue weighted by molar-refractivity contribution is -0.147. The lowest BCUT2D eigenvalue weighted by atomic mass is 10.0. The van der Waals surface area contributed by atoms with Crippen LogP contribution in [0.25, 0.3) is 22.4 Å². The summed E-state index contributed by atoms with van der Waals surface area (Å²) in [5, 5.41) is 22.3. The van der Waals surface area contributed by atoms with Crippen LogP contribution < -0.4 is 5.32 Å². The topological polar surface area (TPSA) is 158 Å². The van der Waals surface area contributed by atoms with Crippen LogP contribution in [-0.4, -0.2) is 66.7 Å². The molecule has 3 aromatic carbocycles. The Kier molecular flexibility index (Phi) is 9.58. The fourth-order valence-electron chi connectivity index (χ4n) is 5.29. The van der Waals surface area contributed by atoms with Crippen molar-refractivity contribution in [3.63, 3.8) is 0 Å². The fourth-order valence-corrected chi connectivity index (χ4v) is 5.29. The van der Waals surface area contributed by atoms with Gasteiger partial charge in [-0.15, -0.1) is 0 Å². The van der Waals surface area contributed by atoms with Gasteiger partial charge in [-0.05, 0) is 16.7 Å². The van der Waals surface area contributed by atoms with Crippen LogP contribution in [0.15, 0.2) is 97.6 Å². The maximum atomic E-state index is 13.2. The van der Waals surface area contributed by atoms with Gasteiger partial charge in [0.05, 0.1) is 19.0 Å². The highest BCUT2D eigenvalue weighted by atomic mass is 16.6. The minimum Gasteiger partial charge on any atom is -0.459 e. The maximum Gasteiger partial charge on any atom is 0.408 e. The molecule has 0 bridgehead atoms. The van der Waals surface area contributed by atoms with E-state index in [4.69, 9.17) is 14.2 Å². The third-order valence-electron chi connectivity index (χ3n) is 7.73. The van der Waals surface area contributed by atoms with E-state index in [1.54, 1.807) is 10.9 Å². The summed E-state index contributed by atoms with van der Waals surface area (Å²) in [6, 6.07) is 25.0. The first kappa shape index (κ1) is 30.8. The number of hydrogen-bond acceptors (Lipinski definition) is 10. The number of rotatable bonds is 11. The van der Waals surface area contributed by atoms with Gasteiger partial charge in [0, 0.05) is 18.4 Å². The van der Waals surface area contributed by atoms with Gasteiger partial charge in [-0.1, -0.05) is 84.9 Å². The standard InChI is InChI=1S/C34H33N5O7/c40-17-28-27(41)16-29(46-28)39-21-37-31-30(35-20-36-32(31)39)25-13-11-22(12-14-25)15-26(33(42)44-18-23-7-3-1-4-8-23)38-34(43)45-19-24-9-5-2-6-10-24/h1-14,20-21,26-29,40-41H,15-19H2,(H,38,43)/t26-,27-,28+,29+/m0/s1. The Morgan fingerprint density at radius 3 is 2.22 bits per heavy atom. The molecule has 1 aliphatic rings. The van der Waals surface area contributed by atoms with Gasteiger partial charge in [0.2, 0.25) is 0 Å². The van der Waals surface area contributed by atoms with Crippen LogP contribution in [0.1, 0.15) is 29.3 Å². The first-order valence-electron chi connectivity index (χ1n) is 14.9. The molecule has 0 radical (unpaired) electrons. The monoisotopic (exact) mass is 623 g/mol. The summed E-state index contributed by atoms with van der Waals surface area (Å²) in [6.07, 6.45) is 0.767. The van der Waals surface area contributed by atoms with Crippen molar-refractivity contribution in [3.05, 3.63) is 114 Å². The van der Waals surface area contributed by atoms with Gasteiger partial charge < -0.3 is 29.7 Å². The van der Waals surface area contributed by atoms with Crippen LogP contribution in [0.5, 0.6) is 0 Å². The number of nitrogens with zero attached hydrogens (tertiary/aromatic N) is 4. The summed E-state index contributed by atoms with van der Waals surface area (Å²) in [4.78, 5) is 39.2. The van der Waals surface area contributed by atoms with Crippen LogP contribution in [-0.2, 0) is 38.6 Å². The normalized spacial score (nSPS) is 18.3. The summed E-state index contributed by atoms with van der Waals surface area (Å²) < 4.78 is 18.4. The number of hydrogen-bond donors (Lipinski definition) is 3. The Bertz CT molecular complexity index is 1770. The molecule has 5 aromatic rings. The van der Waals surface area contributed by atoms with E-state index in [9.17, 15) is 19.8 Å². The minimum absolute atomic E-state index is 0.0613. The third-order valence-corrected chi connectivity index (χ3v) is 7.73. The first-order chi connectivity index (χ1) is 22.5. The molecule has 1 saturated heterocycles. The zero-order valence-corrected chi connectivity index (χ0v) is 24.8. The number of aliphatic hydroxyl groups is 2. The zero-order chi connectivity index (χ0) is 31.9. The molecule has 1 fully saturated rings. The predicted octanol–water partition coefficient (Wildman–Crippen LogP) is 3.71. The van der Waals surface area contributed by atoms with E-state index in [0.717, 1.165) is 22.3 Å². The Hall–Kier alpha value is -5.17. The molecule has 0 saturated carbocycles. The highest BCUT2D eigenvalue weighted by Gasteiger charge is 2.35. The van der Waals surface area contributed by atoms with Crippen LogP contribution in [0, 0.1) is 0 Å². The second kappa shape index (κ2) is 14.3. The molecule has 236 valence electrons. The first-order valence-corrected chi connectivity index (χ1v) is 14.9. The second-order valence-electron chi connectivity index (χ2n) is 10.9. The van der Waals surface area contributed by atoms with Crippen molar-refractivity contribution >= 4 is 23.2 Å². The molecule has 0 unspecified atom stereocenters. The average Bonchev–Trinajstić information content (AvgIpc) is 3.70. The van der Waals surface area contributed by atoms with E-state index in [1.165, 1.54) is 6.33 Å². The lowest BCUT2D eigenvalue weighted by Gasteiger charge is -2.18. The van der Waals surface area contributed by atoms with Gasteiger partial charge in [0.25, 0.3) is 0 Å². The average molecular weight is 624 g/mol. The molecule has 0 aliphatic carbocycles. The van der Waals surface area contributed by atoms with E-state index in [1.807, 2.05) is 84.9 Å². The molecule has 3 N–H and O–H groups in total. The Balaban J connectivity index is 1.17. The van der Waals surface area contributed by atoms with E-state index in [2.05, 4.69) is 20.3 Å². The van der Waals surface area contributed by atoms with Crippen LogP contribution in [0.4, 0.5) is 4.79 Å². The summed E-state index contributed by atoms with van der Waals surface area (Å²) in [6.45, 7) is -0.156. The van der Waals surface area contributed by atoms with Crippen molar-refractivity contribution in [2.75, 3.05) is 6.61 Å². The second-order valence-corrected chi connectivity index (χ2v) is 10.9. The number of amides is 1. The van der Waals surface area contributed by atoms with Gasteiger partial charge in [-0.3, -0.25) is 4.57 Å². The molecule has 1 amide bonds. The highest BCUT2D eigenvalue weighted by Crippen LogP contribution is 2.32. The van der Waals surface area contributed by atoms with E-state index in [-0.39, 0.29) is 26.2 Å². The third kappa shape index (κ3) is 7.20. The lowest BCUT2D eigenvalue weighted by Crippen LogP contribution is -2.43. The number of nitrogens with one attached hydrogen (secondary N) is 1. The largest absolute Gasteiger partial charge is 0.459 e. The van der Waals surface area contributed by atoms with Crippen molar-refractivity contribution < 1.29 is 34.0 Å². The van der Waals surface area contributed by atoms with Crippen molar-refractivity contribution in [3.8, 4) is 11.3 Å². The molecular weight excluding hydrogens is 590 g/mol. The smallest absolute Gasteiger partial charge is 0.408 e. The highest BCUT2D eigenvalue weighted by molar-refractivity contribution is 5.87. The van der Waals surface area contributed by atoms with Crippen LogP contribution >= 0.6 is 0 Å². The molecule has 0 spiro atoms. The molecule has 3 heterocycles. The number of carbonyl (C=O) groups is 2. The fraction of sp³-hybridized carbons (Fsp3) is 0.265. The van der Waals surface area contributed by atoms with Gasteiger partial charge >= 0.3 is 12.1 Å². The number of aromatic nitrogens is 4. The van der Waals surface area contributed by atoms with E-state index in [0.29, 0.717) is 23.3 Å². The zero-order valence-electron chi connectivity index (χ0n) is 24.8. The Labute approximate surface area is 264 Å². The summed E-state index contributed by atoms with van der Waals surface area (Å²) in [5.74, 6) is -0.588. The van der Waals surface area contributed by atoms with Crippen molar-refractivity contribution in [1.82, 2.24) is 24.8 Å². The minimum atomic E-state index is -0.996. The maximum absolute atomic E-state index is 13.2. The SMILES string of the molecule is O=C(N[C@@H](Cc1ccc(-c2ncnc3c2ncn3[C@H]2C[C@H](O)[C@@H](CO)O2)cc1)C(=O)OCc1ccccc1)OCc1ccccc1.